The van der Waals surface area contributed by atoms with Gasteiger partial charge in [-0.15, -0.1) is 0 Å². The first-order chi connectivity index (χ1) is 4.47. The quantitative estimate of drug-likeness (QED) is 0.468. The van der Waals surface area contributed by atoms with Crippen LogP contribution in [-0.4, -0.2) is 30.4 Å². The van der Waals surface area contributed by atoms with Crippen LogP contribution in [0.3, 0.4) is 0 Å². The highest BCUT2D eigenvalue weighted by Crippen LogP contribution is 2.17. The van der Waals surface area contributed by atoms with Crippen molar-refractivity contribution >= 4 is 6.21 Å². The van der Waals surface area contributed by atoms with E-state index in [1.165, 1.54) is 25.8 Å². The number of fused-ring (bicyclic) bond motifs is 1. The average molecular weight is 124 g/mol. The summed E-state index contributed by atoms with van der Waals surface area (Å²) in [6, 6.07) is 0.707. The lowest BCUT2D eigenvalue weighted by atomic mass is 10.1. The van der Waals surface area contributed by atoms with Crippen molar-refractivity contribution in [3.05, 3.63) is 0 Å². The van der Waals surface area contributed by atoms with Gasteiger partial charge in [0, 0.05) is 18.8 Å². The average Bonchev–Trinajstić information content (AvgIpc) is 2.33. The van der Waals surface area contributed by atoms with Crippen LogP contribution in [0.4, 0.5) is 0 Å². The predicted octanol–water partition coefficient (Wildman–Crippen LogP) is 0.883. The maximum Gasteiger partial charge on any atom is 0.0911 e. The molecule has 0 radical (unpaired) electrons. The van der Waals surface area contributed by atoms with Crippen LogP contribution in [0.1, 0.15) is 19.3 Å². The first kappa shape index (κ1) is 5.42. The van der Waals surface area contributed by atoms with Crippen LogP contribution in [-0.2, 0) is 0 Å². The van der Waals surface area contributed by atoms with E-state index in [4.69, 9.17) is 0 Å². The number of nitrogens with zero attached hydrogens (tertiary/aromatic N) is 2. The van der Waals surface area contributed by atoms with Gasteiger partial charge in [-0.05, 0) is 12.8 Å². The summed E-state index contributed by atoms with van der Waals surface area (Å²) in [5, 5.41) is 0. The maximum atomic E-state index is 4.23. The van der Waals surface area contributed by atoms with Crippen molar-refractivity contribution in [2.45, 2.75) is 25.3 Å². The van der Waals surface area contributed by atoms with E-state index in [2.05, 4.69) is 16.1 Å². The van der Waals surface area contributed by atoms with Gasteiger partial charge in [-0.25, -0.2) is 0 Å². The van der Waals surface area contributed by atoms with Gasteiger partial charge in [0.15, 0.2) is 0 Å². The summed E-state index contributed by atoms with van der Waals surface area (Å²) in [4.78, 5) is 6.68. The van der Waals surface area contributed by atoms with Gasteiger partial charge < -0.3 is 0 Å². The van der Waals surface area contributed by atoms with E-state index in [-0.39, 0.29) is 0 Å². The molecule has 0 N–H and O–H groups in total. The number of rotatable bonds is 0. The molecular weight excluding hydrogens is 112 g/mol. The Morgan fingerprint density at radius 3 is 3.33 bits per heavy atom. The second-order valence-corrected chi connectivity index (χ2v) is 2.85. The molecule has 1 unspecified atom stereocenters. The minimum absolute atomic E-state index is 0.707. The third-order valence-corrected chi connectivity index (χ3v) is 2.21. The highest BCUT2D eigenvalue weighted by molar-refractivity contribution is 5.66. The molecule has 0 bridgehead atoms. The van der Waals surface area contributed by atoms with E-state index in [1.54, 1.807) is 0 Å². The molecule has 0 aromatic rings. The number of hydrogen-bond donors (Lipinski definition) is 0. The summed E-state index contributed by atoms with van der Waals surface area (Å²) in [5.41, 5.74) is 0. The number of aliphatic imine (C=N–C) groups is 1. The van der Waals surface area contributed by atoms with Crippen molar-refractivity contribution in [1.29, 1.82) is 0 Å². The minimum atomic E-state index is 0.707. The van der Waals surface area contributed by atoms with Crippen LogP contribution in [0, 0.1) is 0 Å². The summed E-state index contributed by atoms with van der Waals surface area (Å²) in [7, 11) is 0. The molecule has 0 spiro atoms. The zero-order valence-corrected chi connectivity index (χ0v) is 5.58. The van der Waals surface area contributed by atoms with Gasteiger partial charge in [-0.3, -0.25) is 9.89 Å². The number of hydrogen-bond acceptors (Lipinski definition) is 2. The van der Waals surface area contributed by atoms with Gasteiger partial charge in [0.05, 0.1) is 6.67 Å². The molecule has 1 saturated heterocycles. The zero-order valence-electron chi connectivity index (χ0n) is 5.58. The van der Waals surface area contributed by atoms with Crippen LogP contribution < -0.4 is 0 Å². The molecular formula is C7H12N2. The van der Waals surface area contributed by atoms with Gasteiger partial charge >= 0.3 is 0 Å². The molecule has 0 aromatic heterocycles. The largest absolute Gasteiger partial charge is 0.280 e. The van der Waals surface area contributed by atoms with Crippen LogP contribution in [0.25, 0.3) is 0 Å². The molecule has 1 fully saturated rings. The SMILES string of the molecule is C1=NCN2CCCCC12. The standard InChI is InChI=1S/C7H12N2/c1-2-4-9-6-8-5-7(9)3-1/h5,7H,1-4,6H2. The van der Waals surface area contributed by atoms with E-state index in [0.29, 0.717) is 6.04 Å². The number of piperidine rings is 1. The lowest BCUT2D eigenvalue weighted by Gasteiger charge is -2.26. The Balaban J connectivity index is 2.03. The Kier molecular flexibility index (Phi) is 1.27. The summed E-state index contributed by atoms with van der Waals surface area (Å²) in [5.74, 6) is 0. The maximum absolute atomic E-state index is 4.23. The summed E-state index contributed by atoms with van der Waals surface area (Å²) < 4.78 is 0. The molecule has 2 aliphatic heterocycles. The van der Waals surface area contributed by atoms with Crippen molar-refractivity contribution in [3.63, 3.8) is 0 Å². The molecule has 0 aliphatic carbocycles. The first-order valence-electron chi connectivity index (χ1n) is 3.71. The Hall–Kier alpha value is -0.370. The van der Waals surface area contributed by atoms with Crippen molar-refractivity contribution in [3.8, 4) is 0 Å². The molecule has 9 heavy (non-hydrogen) atoms. The monoisotopic (exact) mass is 124 g/mol. The highest BCUT2D eigenvalue weighted by atomic mass is 15.3. The molecule has 2 heteroatoms. The van der Waals surface area contributed by atoms with Gasteiger partial charge in [0.25, 0.3) is 0 Å². The lowest BCUT2D eigenvalue weighted by Crippen LogP contribution is -2.35. The van der Waals surface area contributed by atoms with Gasteiger partial charge in [0.2, 0.25) is 0 Å². The van der Waals surface area contributed by atoms with Crippen LogP contribution in [0.5, 0.6) is 0 Å². The Labute approximate surface area is 55.6 Å². The molecule has 2 heterocycles. The summed E-state index contributed by atoms with van der Waals surface area (Å²) in [6.07, 6.45) is 6.22. The van der Waals surface area contributed by atoms with Gasteiger partial charge in [0.1, 0.15) is 0 Å². The second-order valence-electron chi connectivity index (χ2n) is 2.85. The van der Waals surface area contributed by atoms with Gasteiger partial charge in [-0.1, -0.05) is 6.42 Å². The van der Waals surface area contributed by atoms with Crippen LogP contribution in [0.15, 0.2) is 4.99 Å². The Morgan fingerprint density at radius 2 is 2.44 bits per heavy atom. The molecule has 2 aliphatic rings. The van der Waals surface area contributed by atoms with E-state index in [1.807, 2.05) is 0 Å². The second kappa shape index (κ2) is 2.10. The molecule has 0 amide bonds. The van der Waals surface area contributed by atoms with Crippen molar-refractivity contribution < 1.29 is 0 Å². The van der Waals surface area contributed by atoms with Gasteiger partial charge in [-0.2, -0.15) is 0 Å². The topological polar surface area (TPSA) is 15.6 Å². The Bertz CT molecular complexity index is 131. The normalized spacial score (nSPS) is 34.9. The third kappa shape index (κ3) is 0.874. The third-order valence-electron chi connectivity index (χ3n) is 2.21. The van der Waals surface area contributed by atoms with E-state index < -0.39 is 0 Å². The molecule has 2 rings (SSSR count). The van der Waals surface area contributed by atoms with E-state index in [9.17, 15) is 0 Å². The van der Waals surface area contributed by atoms with Crippen molar-refractivity contribution in [1.82, 2.24) is 4.90 Å². The van der Waals surface area contributed by atoms with Crippen molar-refractivity contribution in [2.75, 3.05) is 13.2 Å². The minimum Gasteiger partial charge on any atom is -0.280 e. The molecule has 50 valence electrons. The summed E-state index contributed by atoms with van der Waals surface area (Å²) in [6.45, 7) is 2.23. The highest BCUT2D eigenvalue weighted by Gasteiger charge is 2.22. The van der Waals surface area contributed by atoms with Crippen LogP contribution in [0.2, 0.25) is 0 Å². The fourth-order valence-electron chi connectivity index (χ4n) is 1.63. The summed E-state index contributed by atoms with van der Waals surface area (Å²) >= 11 is 0. The fraction of sp³-hybridized carbons (Fsp3) is 0.857. The molecule has 0 aromatic carbocycles. The Morgan fingerprint density at radius 1 is 1.44 bits per heavy atom. The van der Waals surface area contributed by atoms with E-state index >= 15 is 0 Å². The molecule has 1 atom stereocenters. The fourth-order valence-corrected chi connectivity index (χ4v) is 1.63. The smallest absolute Gasteiger partial charge is 0.0911 e. The molecule has 0 saturated carbocycles. The lowest BCUT2D eigenvalue weighted by molar-refractivity contribution is 0.218. The van der Waals surface area contributed by atoms with Crippen LogP contribution >= 0.6 is 0 Å². The predicted molar refractivity (Wildman–Crippen MR) is 37.7 cm³/mol. The molecule has 2 nitrogen and oxygen atoms in total. The first-order valence-corrected chi connectivity index (χ1v) is 3.71. The van der Waals surface area contributed by atoms with Crippen molar-refractivity contribution in [2.24, 2.45) is 4.99 Å². The zero-order chi connectivity index (χ0) is 6.10. The van der Waals surface area contributed by atoms with E-state index in [0.717, 1.165) is 6.67 Å².